The fraction of sp³-hybridized carbons (Fsp3) is 0.0714. The summed E-state index contributed by atoms with van der Waals surface area (Å²) in [4.78, 5) is 0. The number of hydrogen-bond acceptors (Lipinski definition) is 2. The van der Waals surface area contributed by atoms with Crippen molar-refractivity contribution in [2.75, 3.05) is 0 Å². The number of nitrogens with zero attached hydrogens (tertiary/aromatic N) is 1. The third kappa shape index (κ3) is 2.07. The molecule has 3 rings (SSSR count). The van der Waals surface area contributed by atoms with Crippen LogP contribution in [0.1, 0.15) is 5.56 Å². The lowest BCUT2D eigenvalue weighted by Crippen LogP contribution is -2.03. The van der Waals surface area contributed by atoms with Gasteiger partial charge in [-0.25, -0.2) is 0 Å². The van der Waals surface area contributed by atoms with Crippen LogP contribution in [0.5, 0.6) is 0 Å². The fourth-order valence-electron chi connectivity index (χ4n) is 1.91. The van der Waals surface area contributed by atoms with Crippen molar-refractivity contribution in [1.29, 1.82) is 0 Å². The van der Waals surface area contributed by atoms with Crippen molar-refractivity contribution in [2.45, 2.75) is 6.18 Å². The summed E-state index contributed by atoms with van der Waals surface area (Å²) < 4.78 is 42.6. The molecule has 0 saturated heterocycles. The van der Waals surface area contributed by atoms with E-state index in [1.165, 1.54) is 12.1 Å². The van der Waals surface area contributed by atoms with Crippen molar-refractivity contribution in [2.24, 2.45) is 0 Å². The highest BCUT2D eigenvalue weighted by Crippen LogP contribution is 2.33. The van der Waals surface area contributed by atoms with Crippen LogP contribution in [0.3, 0.4) is 0 Å². The van der Waals surface area contributed by atoms with Crippen molar-refractivity contribution in [3.05, 3.63) is 54.1 Å². The maximum atomic E-state index is 12.5. The summed E-state index contributed by atoms with van der Waals surface area (Å²) in [5, 5.41) is 4.65. The molecule has 0 spiro atoms. The maximum absolute atomic E-state index is 12.5. The summed E-state index contributed by atoms with van der Waals surface area (Å²) in [6.07, 6.45) is -4.33. The molecule has 1 aromatic heterocycles. The molecule has 0 amide bonds. The molecule has 0 atom stereocenters. The number of benzene rings is 2. The van der Waals surface area contributed by atoms with Crippen molar-refractivity contribution >= 4 is 10.9 Å². The van der Waals surface area contributed by atoms with Gasteiger partial charge >= 0.3 is 6.18 Å². The normalized spacial score (nSPS) is 11.9. The van der Waals surface area contributed by atoms with E-state index in [1.54, 1.807) is 6.07 Å². The van der Waals surface area contributed by atoms with Crippen molar-refractivity contribution in [3.63, 3.8) is 0 Å². The lowest BCUT2D eigenvalue weighted by molar-refractivity contribution is -0.137. The first-order valence-corrected chi connectivity index (χ1v) is 5.58. The monoisotopic (exact) mass is 263 g/mol. The van der Waals surface area contributed by atoms with Gasteiger partial charge in [0.05, 0.1) is 5.56 Å². The molecule has 96 valence electrons. The molecule has 2 nitrogen and oxygen atoms in total. The zero-order valence-corrected chi connectivity index (χ0v) is 9.61. The molecule has 2 aromatic carbocycles. The van der Waals surface area contributed by atoms with Gasteiger partial charge in [0.25, 0.3) is 0 Å². The van der Waals surface area contributed by atoms with Crippen LogP contribution in [0, 0.1) is 0 Å². The molecule has 0 bridgehead atoms. The first-order chi connectivity index (χ1) is 9.05. The van der Waals surface area contributed by atoms with E-state index in [2.05, 4.69) is 5.16 Å². The van der Waals surface area contributed by atoms with Crippen LogP contribution in [0.25, 0.3) is 22.2 Å². The van der Waals surface area contributed by atoms with Crippen molar-refractivity contribution < 1.29 is 17.7 Å². The molecule has 0 radical (unpaired) electrons. The third-order valence-electron chi connectivity index (χ3n) is 2.86. The number of rotatable bonds is 1. The van der Waals surface area contributed by atoms with Crippen LogP contribution in [0.4, 0.5) is 13.2 Å². The summed E-state index contributed by atoms with van der Waals surface area (Å²) in [7, 11) is 0. The smallest absolute Gasteiger partial charge is 0.355 e. The first kappa shape index (κ1) is 11.8. The highest BCUT2D eigenvalue weighted by atomic mass is 19.4. The number of halogens is 3. The minimum Gasteiger partial charge on any atom is -0.355 e. The molecular formula is C14H8F3NO. The lowest BCUT2D eigenvalue weighted by atomic mass is 10.1. The summed E-state index contributed by atoms with van der Waals surface area (Å²) in [5.41, 5.74) is 0.569. The van der Waals surface area contributed by atoms with Gasteiger partial charge < -0.3 is 4.52 Å². The first-order valence-electron chi connectivity index (χ1n) is 5.58. The largest absolute Gasteiger partial charge is 0.416 e. The Labute approximate surface area is 106 Å². The minimum atomic E-state index is -4.33. The molecule has 19 heavy (non-hydrogen) atoms. The van der Waals surface area contributed by atoms with Gasteiger partial charge in [0.2, 0.25) is 0 Å². The quantitative estimate of drug-likeness (QED) is 0.645. The molecule has 0 aliphatic rings. The van der Waals surface area contributed by atoms with Gasteiger partial charge in [-0.15, -0.1) is 0 Å². The molecule has 0 aliphatic carbocycles. The van der Waals surface area contributed by atoms with E-state index < -0.39 is 11.7 Å². The summed E-state index contributed by atoms with van der Waals surface area (Å²) in [5.74, 6) is 0.476. The number of fused-ring (bicyclic) bond motifs is 1. The molecule has 5 heteroatoms. The Kier molecular flexibility index (Phi) is 2.55. The Hall–Kier alpha value is -2.30. The van der Waals surface area contributed by atoms with Crippen LogP contribution in [0.2, 0.25) is 0 Å². The standard InChI is InChI=1S/C14H8F3NO/c15-14(16,17)10-7-5-9(6-8-10)13-11-3-1-2-4-12(11)18-19-13/h1-8H. The molecule has 3 aromatic rings. The van der Waals surface area contributed by atoms with E-state index in [0.717, 1.165) is 17.5 Å². The van der Waals surface area contributed by atoms with Crippen molar-refractivity contribution in [1.82, 2.24) is 5.16 Å². The predicted molar refractivity (Wildman–Crippen MR) is 64.4 cm³/mol. The number of aromatic nitrogens is 1. The van der Waals surface area contributed by atoms with Gasteiger partial charge in [-0.2, -0.15) is 13.2 Å². The molecule has 1 heterocycles. The Morgan fingerprint density at radius 1 is 0.895 bits per heavy atom. The lowest BCUT2D eigenvalue weighted by Gasteiger charge is -2.06. The van der Waals surface area contributed by atoms with E-state index in [4.69, 9.17) is 4.52 Å². The molecule has 0 unspecified atom stereocenters. The van der Waals surface area contributed by atoms with Crippen LogP contribution in [-0.4, -0.2) is 5.16 Å². The SMILES string of the molecule is FC(F)(F)c1ccc(-c2onc3ccccc23)cc1. The molecule has 0 N–H and O–H groups in total. The highest BCUT2D eigenvalue weighted by Gasteiger charge is 2.30. The predicted octanol–water partition coefficient (Wildman–Crippen LogP) is 4.51. The second-order valence-corrected chi connectivity index (χ2v) is 4.10. The van der Waals surface area contributed by atoms with Crippen molar-refractivity contribution in [3.8, 4) is 11.3 Å². The topological polar surface area (TPSA) is 26.0 Å². The van der Waals surface area contributed by atoms with Crippen LogP contribution < -0.4 is 0 Å². The maximum Gasteiger partial charge on any atom is 0.416 e. The van der Waals surface area contributed by atoms with E-state index in [1.807, 2.05) is 18.2 Å². The van der Waals surface area contributed by atoms with Crippen LogP contribution in [0.15, 0.2) is 53.1 Å². The fourth-order valence-corrected chi connectivity index (χ4v) is 1.91. The van der Waals surface area contributed by atoms with Gasteiger partial charge in [-0.05, 0) is 24.3 Å². The van der Waals surface area contributed by atoms with E-state index in [-0.39, 0.29) is 0 Å². The third-order valence-corrected chi connectivity index (χ3v) is 2.86. The Bertz CT molecular complexity index is 713. The van der Waals surface area contributed by atoms with Gasteiger partial charge in [0, 0.05) is 10.9 Å². The van der Waals surface area contributed by atoms with E-state index in [0.29, 0.717) is 16.8 Å². The molecular weight excluding hydrogens is 255 g/mol. The Balaban J connectivity index is 2.07. The second-order valence-electron chi connectivity index (χ2n) is 4.10. The van der Waals surface area contributed by atoms with Gasteiger partial charge in [-0.3, -0.25) is 0 Å². The van der Waals surface area contributed by atoms with Crippen LogP contribution in [-0.2, 0) is 6.18 Å². The highest BCUT2D eigenvalue weighted by molar-refractivity contribution is 5.91. The van der Waals surface area contributed by atoms with E-state index in [9.17, 15) is 13.2 Å². The Morgan fingerprint density at radius 2 is 1.58 bits per heavy atom. The zero-order valence-electron chi connectivity index (χ0n) is 9.61. The van der Waals surface area contributed by atoms with Gasteiger partial charge in [0.1, 0.15) is 5.52 Å². The molecule has 0 aliphatic heterocycles. The van der Waals surface area contributed by atoms with E-state index >= 15 is 0 Å². The Morgan fingerprint density at radius 3 is 2.26 bits per heavy atom. The number of alkyl halides is 3. The molecule has 0 fully saturated rings. The zero-order chi connectivity index (χ0) is 13.5. The minimum absolute atomic E-state index is 0.476. The summed E-state index contributed by atoms with van der Waals surface area (Å²) >= 11 is 0. The van der Waals surface area contributed by atoms with Gasteiger partial charge in [0.15, 0.2) is 5.76 Å². The second kappa shape index (κ2) is 4.12. The summed E-state index contributed by atoms with van der Waals surface area (Å²) in [6.45, 7) is 0. The summed E-state index contributed by atoms with van der Waals surface area (Å²) in [6, 6.07) is 12.1. The van der Waals surface area contributed by atoms with Gasteiger partial charge in [-0.1, -0.05) is 29.4 Å². The molecule has 0 saturated carbocycles. The number of hydrogen-bond donors (Lipinski definition) is 0. The average Bonchev–Trinajstić information content (AvgIpc) is 2.82. The van der Waals surface area contributed by atoms with Crippen LogP contribution >= 0.6 is 0 Å². The average molecular weight is 263 g/mol.